The number of halogens is 3. The molecule has 0 spiro atoms. The Hall–Kier alpha value is -1.33. The van der Waals surface area contributed by atoms with E-state index in [1.807, 2.05) is 0 Å². The number of hydrogen-bond acceptors (Lipinski definition) is 2. The maximum atomic E-state index is 12.1. The molecule has 1 rings (SSSR count). The van der Waals surface area contributed by atoms with Crippen LogP contribution in [-0.2, 0) is 12.6 Å². The SMILES string of the molecule is CCc1nc(C(F)(F)F)cc(=O)[nH]1. The standard InChI is InChI=1S/C7H7F3N2O/c1-2-5-11-4(7(8,9)10)3-6(13)12-5/h3H,2H2,1H3,(H,11,12,13). The molecule has 0 aliphatic heterocycles. The van der Waals surface area contributed by atoms with E-state index in [9.17, 15) is 18.0 Å². The van der Waals surface area contributed by atoms with Crippen LogP contribution in [-0.4, -0.2) is 9.97 Å². The topological polar surface area (TPSA) is 45.8 Å². The Morgan fingerprint density at radius 3 is 2.62 bits per heavy atom. The number of aryl methyl sites for hydroxylation is 1. The number of hydrogen-bond donors (Lipinski definition) is 1. The van der Waals surface area contributed by atoms with Crippen LogP contribution >= 0.6 is 0 Å². The summed E-state index contributed by atoms with van der Waals surface area (Å²) in [5, 5.41) is 0. The van der Waals surface area contributed by atoms with Gasteiger partial charge in [0.25, 0.3) is 5.56 Å². The molecule has 6 heteroatoms. The first-order valence-electron chi connectivity index (χ1n) is 3.61. The monoisotopic (exact) mass is 192 g/mol. The number of aromatic amines is 1. The molecule has 72 valence electrons. The molecule has 3 nitrogen and oxygen atoms in total. The van der Waals surface area contributed by atoms with Crippen molar-refractivity contribution in [1.29, 1.82) is 0 Å². The summed E-state index contributed by atoms with van der Waals surface area (Å²) in [5.74, 6) is 0.0415. The fraction of sp³-hybridized carbons (Fsp3) is 0.429. The van der Waals surface area contributed by atoms with E-state index in [0.717, 1.165) is 0 Å². The number of nitrogens with zero attached hydrogens (tertiary/aromatic N) is 1. The Kier molecular flexibility index (Phi) is 2.40. The molecule has 0 radical (unpaired) electrons. The minimum absolute atomic E-state index is 0.0415. The van der Waals surface area contributed by atoms with Crippen LogP contribution in [0, 0.1) is 0 Å². The van der Waals surface area contributed by atoms with Gasteiger partial charge in [-0.15, -0.1) is 0 Å². The van der Waals surface area contributed by atoms with E-state index < -0.39 is 17.4 Å². The quantitative estimate of drug-likeness (QED) is 0.729. The van der Waals surface area contributed by atoms with Gasteiger partial charge in [-0.2, -0.15) is 13.2 Å². The molecule has 0 aromatic carbocycles. The van der Waals surface area contributed by atoms with Crippen molar-refractivity contribution in [2.24, 2.45) is 0 Å². The molecule has 0 bridgehead atoms. The lowest BCUT2D eigenvalue weighted by Gasteiger charge is -2.05. The maximum absolute atomic E-state index is 12.1. The van der Waals surface area contributed by atoms with Gasteiger partial charge in [-0.3, -0.25) is 4.79 Å². The zero-order chi connectivity index (χ0) is 10.1. The van der Waals surface area contributed by atoms with Gasteiger partial charge in [0.1, 0.15) is 5.82 Å². The lowest BCUT2D eigenvalue weighted by molar-refractivity contribution is -0.141. The summed E-state index contributed by atoms with van der Waals surface area (Å²) in [6.45, 7) is 1.61. The molecule has 0 unspecified atom stereocenters. The molecular weight excluding hydrogens is 185 g/mol. The van der Waals surface area contributed by atoms with Gasteiger partial charge in [-0.05, 0) is 0 Å². The van der Waals surface area contributed by atoms with Crippen molar-refractivity contribution >= 4 is 0 Å². The van der Waals surface area contributed by atoms with Crippen LogP contribution < -0.4 is 5.56 Å². The van der Waals surface area contributed by atoms with Crippen LogP contribution in [0.2, 0.25) is 0 Å². The van der Waals surface area contributed by atoms with Gasteiger partial charge in [0.2, 0.25) is 0 Å². The van der Waals surface area contributed by atoms with Crippen LogP contribution in [0.25, 0.3) is 0 Å². The molecule has 13 heavy (non-hydrogen) atoms. The molecule has 0 saturated heterocycles. The summed E-state index contributed by atoms with van der Waals surface area (Å²) in [7, 11) is 0. The first-order chi connectivity index (χ1) is 5.93. The lowest BCUT2D eigenvalue weighted by atomic mass is 10.3. The normalized spacial score (nSPS) is 11.7. The predicted molar refractivity (Wildman–Crippen MR) is 39.2 cm³/mol. The summed E-state index contributed by atoms with van der Waals surface area (Å²) in [6, 6.07) is 0.444. The van der Waals surface area contributed by atoms with Gasteiger partial charge >= 0.3 is 6.18 Å². The molecule has 1 aromatic heterocycles. The third-order valence-electron chi connectivity index (χ3n) is 1.42. The summed E-state index contributed by atoms with van der Waals surface area (Å²) in [5.41, 5.74) is -1.92. The van der Waals surface area contributed by atoms with Gasteiger partial charge in [0, 0.05) is 12.5 Å². The van der Waals surface area contributed by atoms with Crippen LogP contribution in [0.5, 0.6) is 0 Å². The molecule has 1 heterocycles. The Morgan fingerprint density at radius 1 is 1.54 bits per heavy atom. The van der Waals surface area contributed by atoms with Crippen LogP contribution in [0.15, 0.2) is 10.9 Å². The molecular formula is C7H7F3N2O. The Bertz CT molecular complexity index is 355. The first-order valence-corrected chi connectivity index (χ1v) is 3.61. The van der Waals surface area contributed by atoms with E-state index in [4.69, 9.17) is 0 Å². The van der Waals surface area contributed by atoms with Gasteiger partial charge in [0.15, 0.2) is 5.69 Å². The number of nitrogens with one attached hydrogen (secondary N) is 1. The summed E-state index contributed by atoms with van der Waals surface area (Å²) in [4.78, 5) is 16.2. The van der Waals surface area contributed by atoms with E-state index >= 15 is 0 Å². The van der Waals surface area contributed by atoms with Crippen LogP contribution in [0.4, 0.5) is 13.2 Å². The second-order valence-corrected chi connectivity index (χ2v) is 2.43. The van der Waals surface area contributed by atoms with Crippen molar-refractivity contribution in [2.45, 2.75) is 19.5 Å². The number of aromatic nitrogens is 2. The largest absolute Gasteiger partial charge is 0.433 e. The third-order valence-corrected chi connectivity index (χ3v) is 1.42. The zero-order valence-corrected chi connectivity index (χ0v) is 6.77. The van der Waals surface area contributed by atoms with E-state index in [-0.39, 0.29) is 12.2 Å². The predicted octanol–water partition coefficient (Wildman–Crippen LogP) is 1.35. The minimum atomic E-state index is -4.56. The van der Waals surface area contributed by atoms with Gasteiger partial charge in [-0.25, -0.2) is 4.98 Å². The zero-order valence-electron chi connectivity index (χ0n) is 6.77. The van der Waals surface area contributed by atoms with Gasteiger partial charge in [0.05, 0.1) is 0 Å². The average Bonchev–Trinajstić information content (AvgIpc) is 2.01. The second-order valence-electron chi connectivity index (χ2n) is 2.43. The van der Waals surface area contributed by atoms with E-state index in [1.54, 1.807) is 6.92 Å². The molecule has 0 amide bonds. The number of rotatable bonds is 1. The molecule has 0 aliphatic carbocycles. The fourth-order valence-electron chi connectivity index (χ4n) is 0.821. The van der Waals surface area contributed by atoms with Crippen molar-refractivity contribution in [3.05, 3.63) is 27.9 Å². The first kappa shape index (κ1) is 9.76. The Morgan fingerprint density at radius 2 is 2.15 bits per heavy atom. The van der Waals surface area contributed by atoms with Crippen molar-refractivity contribution in [3.8, 4) is 0 Å². The smallest absolute Gasteiger partial charge is 0.311 e. The van der Waals surface area contributed by atoms with Crippen LogP contribution in [0.3, 0.4) is 0 Å². The van der Waals surface area contributed by atoms with E-state index in [2.05, 4.69) is 9.97 Å². The van der Waals surface area contributed by atoms with Crippen molar-refractivity contribution in [1.82, 2.24) is 9.97 Å². The Balaban J connectivity index is 3.24. The second kappa shape index (κ2) is 3.20. The highest BCUT2D eigenvalue weighted by Crippen LogP contribution is 2.26. The van der Waals surface area contributed by atoms with Crippen molar-refractivity contribution in [2.75, 3.05) is 0 Å². The molecule has 0 saturated carbocycles. The highest BCUT2D eigenvalue weighted by atomic mass is 19.4. The number of H-pyrrole nitrogens is 1. The van der Waals surface area contributed by atoms with E-state index in [0.29, 0.717) is 6.07 Å². The third kappa shape index (κ3) is 2.30. The van der Waals surface area contributed by atoms with E-state index in [1.165, 1.54) is 0 Å². The number of alkyl halides is 3. The van der Waals surface area contributed by atoms with Crippen molar-refractivity contribution in [3.63, 3.8) is 0 Å². The summed E-state index contributed by atoms with van der Waals surface area (Å²) >= 11 is 0. The highest BCUT2D eigenvalue weighted by molar-refractivity contribution is 5.06. The minimum Gasteiger partial charge on any atom is -0.311 e. The fourth-order valence-corrected chi connectivity index (χ4v) is 0.821. The average molecular weight is 192 g/mol. The molecule has 1 N–H and O–H groups in total. The highest BCUT2D eigenvalue weighted by Gasteiger charge is 2.33. The van der Waals surface area contributed by atoms with Gasteiger partial charge in [-0.1, -0.05) is 6.92 Å². The molecule has 0 aliphatic rings. The Labute approximate surface area is 71.6 Å². The summed E-state index contributed by atoms with van der Waals surface area (Å²) in [6.07, 6.45) is -4.29. The lowest BCUT2D eigenvalue weighted by Crippen LogP contribution is -2.18. The van der Waals surface area contributed by atoms with Gasteiger partial charge < -0.3 is 4.98 Å². The molecule has 1 aromatic rings. The summed E-state index contributed by atoms with van der Waals surface area (Å²) < 4.78 is 36.2. The maximum Gasteiger partial charge on any atom is 0.433 e. The van der Waals surface area contributed by atoms with Crippen LogP contribution in [0.1, 0.15) is 18.4 Å². The molecule has 0 atom stereocenters. The molecule has 0 fully saturated rings. The van der Waals surface area contributed by atoms with Crippen molar-refractivity contribution < 1.29 is 13.2 Å².